The summed E-state index contributed by atoms with van der Waals surface area (Å²) in [5.41, 5.74) is 2.05. The van der Waals surface area contributed by atoms with Crippen LogP contribution in [0.2, 0.25) is 0 Å². The van der Waals surface area contributed by atoms with Gasteiger partial charge in [0.1, 0.15) is 0 Å². The lowest BCUT2D eigenvalue weighted by atomic mass is 10.1. The third-order valence-corrected chi connectivity index (χ3v) is 3.49. The number of aliphatic hydroxyl groups is 1. The summed E-state index contributed by atoms with van der Waals surface area (Å²) in [6, 6.07) is 16.0. The molecule has 0 aliphatic carbocycles. The molecule has 0 aromatic heterocycles. The SMILES string of the molecule is CNC(=O)c1ccc(CN(CCO)C(=O)c2ccccc2)cc1. The van der Waals surface area contributed by atoms with Crippen molar-refractivity contribution in [2.45, 2.75) is 6.54 Å². The first kappa shape index (κ1) is 16.7. The molecule has 0 aliphatic rings. The first-order valence-corrected chi connectivity index (χ1v) is 7.42. The minimum absolute atomic E-state index is 0.102. The Labute approximate surface area is 135 Å². The number of carbonyl (C=O) groups excluding carboxylic acids is 2. The van der Waals surface area contributed by atoms with E-state index >= 15 is 0 Å². The minimum atomic E-state index is -0.149. The predicted molar refractivity (Wildman–Crippen MR) is 88.1 cm³/mol. The fourth-order valence-corrected chi connectivity index (χ4v) is 2.26. The van der Waals surface area contributed by atoms with E-state index in [-0.39, 0.29) is 25.0 Å². The standard InChI is InChI=1S/C18H20N2O3/c1-19-17(22)15-9-7-14(8-10-15)13-20(11-12-21)18(23)16-5-3-2-4-6-16/h2-10,21H,11-13H2,1H3,(H,19,22). The molecule has 5 nitrogen and oxygen atoms in total. The van der Waals surface area contributed by atoms with Gasteiger partial charge in [0.15, 0.2) is 0 Å². The van der Waals surface area contributed by atoms with E-state index in [1.54, 1.807) is 36.2 Å². The molecule has 0 unspecified atom stereocenters. The Morgan fingerprint density at radius 2 is 1.65 bits per heavy atom. The van der Waals surface area contributed by atoms with Crippen LogP contribution in [0.25, 0.3) is 0 Å². The molecule has 0 atom stereocenters. The zero-order chi connectivity index (χ0) is 16.7. The van der Waals surface area contributed by atoms with Crippen molar-refractivity contribution in [1.29, 1.82) is 0 Å². The van der Waals surface area contributed by atoms with Gasteiger partial charge in [-0.05, 0) is 29.8 Å². The van der Waals surface area contributed by atoms with E-state index in [0.717, 1.165) is 5.56 Å². The summed E-state index contributed by atoms with van der Waals surface area (Å²) >= 11 is 0. The van der Waals surface area contributed by atoms with E-state index in [2.05, 4.69) is 5.32 Å². The summed E-state index contributed by atoms with van der Waals surface area (Å²) in [4.78, 5) is 25.6. The zero-order valence-electron chi connectivity index (χ0n) is 13.0. The molecular weight excluding hydrogens is 292 g/mol. The van der Waals surface area contributed by atoms with E-state index in [1.165, 1.54) is 0 Å². The molecule has 0 radical (unpaired) electrons. The highest BCUT2D eigenvalue weighted by Crippen LogP contribution is 2.11. The van der Waals surface area contributed by atoms with Crippen LogP contribution in [0, 0.1) is 0 Å². The van der Waals surface area contributed by atoms with Gasteiger partial charge in [-0.25, -0.2) is 0 Å². The predicted octanol–water partition coefficient (Wildman–Crippen LogP) is 1.68. The van der Waals surface area contributed by atoms with E-state index in [9.17, 15) is 14.7 Å². The molecule has 2 amide bonds. The summed E-state index contributed by atoms with van der Waals surface area (Å²) in [6.45, 7) is 0.530. The van der Waals surface area contributed by atoms with Crippen LogP contribution >= 0.6 is 0 Å². The van der Waals surface area contributed by atoms with Crippen molar-refractivity contribution in [3.63, 3.8) is 0 Å². The fourth-order valence-electron chi connectivity index (χ4n) is 2.26. The van der Waals surface area contributed by atoms with Crippen molar-refractivity contribution in [3.05, 3.63) is 71.3 Å². The van der Waals surface area contributed by atoms with Gasteiger partial charge in [-0.2, -0.15) is 0 Å². The first-order valence-electron chi connectivity index (χ1n) is 7.42. The summed E-state index contributed by atoms with van der Waals surface area (Å²) in [5, 5.41) is 11.8. The molecule has 0 bridgehead atoms. The maximum absolute atomic E-state index is 12.5. The third kappa shape index (κ3) is 4.40. The lowest BCUT2D eigenvalue weighted by Crippen LogP contribution is -2.33. The number of amides is 2. The van der Waals surface area contributed by atoms with Crippen LogP contribution in [0.15, 0.2) is 54.6 Å². The number of hydrogen-bond donors (Lipinski definition) is 2. The Morgan fingerprint density at radius 1 is 1.00 bits per heavy atom. The van der Waals surface area contributed by atoms with E-state index in [0.29, 0.717) is 17.7 Å². The van der Waals surface area contributed by atoms with Crippen molar-refractivity contribution in [2.24, 2.45) is 0 Å². The van der Waals surface area contributed by atoms with Gasteiger partial charge in [-0.15, -0.1) is 0 Å². The lowest BCUT2D eigenvalue weighted by Gasteiger charge is -2.22. The van der Waals surface area contributed by atoms with Gasteiger partial charge < -0.3 is 15.3 Å². The van der Waals surface area contributed by atoms with Crippen molar-refractivity contribution in [2.75, 3.05) is 20.2 Å². The van der Waals surface area contributed by atoms with Gasteiger partial charge >= 0.3 is 0 Å². The van der Waals surface area contributed by atoms with Crippen LogP contribution < -0.4 is 5.32 Å². The first-order chi connectivity index (χ1) is 11.2. The smallest absolute Gasteiger partial charge is 0.254 e. The highest BCUT2D eigenvalue weighted by atomic mass is 16.3. The quantitative estimate of drug-likeness (QED) is 0.852. The fraction of sp³-hybridized carbons (Fsp3) is 0.222. The number of hydrogen-bond acceptors (Lipinski definition) is 3. The molecular formula is C18H20N2O3. The van der Waals surface area contributed by atoms with Crippen LogP contribution in [0.1, 0.15) is 26.3 Å². The Morgan fingerprint density at radius 3 is 2.22 bits per heavy atom. The molecule has 0 fully saturated rings. The van der Waals surface area contributed by atoms with Crippen molar-refractivity contribution < 1.29 is 14.7 Å². The lowest BCUT2D eigenvalue weighted by molar-refractivity contribution is 0.0707. The van der Waals surface area contributed by atoms with Crippen LogP contribution in [-0.4, -0.2) is 42.0 Å². The summed E-state index contributed by atoms with van der Waals surface area (Å²) < 4.78 is 0. The van der Waals surface area contributed by atoms with Crippen molar-refractivity contribution in [1.82, 2.24) is 10.2 Å². The molecule has 2 aromatic carbocycles. The average Bonchev–Trinajstić information content (AvgIpc) is 2.61. The molecule has 0 heterocycles. The van der Waals surface area contributed by atoms with Crippen LogP contribution in [0.4, 0.5) is 0 Å². The number of nitrogens with zero attached hydrogens (tertiary/aromatic N) is 1. The highest BCUT2D eigenvalue weighted by molar-refractivity contribution is 5.94. The maximum Gasteiger partial charge on any atom is 0.254 e. The summed E-state index contributed by atoms with van der Waals surface area (Å²) in [5.74, 6) is -0.279. The Kier molecular flexibility index (Phi) is 5.88. The second kappa shape index (κ2) is 8.10. The van der Waals surface area contributed by atoms with Crippen LogP contribution in [0.5, 0.6) is 0 Å². The molecule has 120 valence electrons. The highest BCUT2D eigenvalue weighted by Gasteiger charge is 2.15. The van der Waals surface area contributed by atoms with Crippen LogP contribution in [-0.2, 0) is 6.54 Å². The van der Waals surface area contributed by atoms with E-state index in [4.69, 9.17) is 0 Å². The topological polar surface area (TPSA) is 69.6 Å². The van der Waals surface area contributed by atoms with E-state index < -0.39 is 0 Å². The van der Waals surface area contributed by atoms with Crippen molar-refractivity contribution >= 4 is 11.8 Å². The minimum Gasteiger partial charge on any atom is -0.395 e. The molecule has 0 spiro atoms. The molecule has 2 rings (SSSR count). The zero-order valence-corrected chi connectivity index (χ0v) is 13.0. The Balaban J connectivity index is 2.13. The third-order valence-electron chi connectivity index (χ3n) is 3.49. The maximum atomic E-state index is 12.5. The Hall–Kier alpha value is -2.66. The molecule has 23 heavy (non-hydrogen) atoms. The molecule has 0 saturated heterocycles. The molecule has 0 aliphatic heterocycles. The molecule has 2 aromatic rings. The number of aliphatic hydroxyl groups excluding tert-OH is 1. The van der Waals surface area contributed by atoms with Gasteiger partial charge in [0.25, 0.3) is 11.8 Å². The molecule has 0 saturated carbocycles. The summed E-state index contributed by atoms with van der Waals surface area (Å²) in [7, 11) is 1.58. The van der Waals surface area contributed by atoms with Crippen molar-refractivity contribution in [3.8, 4) is 0 Å². The number of carbonyl (C=O) groups is 2. The molecule has 5 heteroatoms. The largest absolute Gasteiger partial charge is 0.395 e. The van der Waals surface area contributed by atoms with Gasteiger partial charge in [0.05, 0.1) is 6.61 Å². The second-order valence-electron chi connectivity index (χ2n) is 5.09. The monoisotopic (exact) mass is 312 g/mol. The average molecular weight is 312 g/mol. The normalized spacial score (nSPS) is 10.2. The second-order valence-corrected chi connectivity index (χ2v) is 5.09. The van der Waals surface area contributed by atoms with Crippen LogP contribution in [0.3, 0.4) is 0 Å². The van der Waals surface area contributed by atoms with Gasteiger partial charge in [0, 0.05) is 31.3 Å². The van der Waals surface area contributed by atoms with Gasteiger partial charge in [-0.1, -0.05) is 30.3 Å². The summed E-state index contributed by atoms with van der Waals surface area (Å²) in [6.07, 6.45) is 0. The number of benzene rings is 2. The Bertz CT molecular complexity index is 654. The molecule has 2 N–H and O–H groups in total. The van der Waals surface area contributed by atoms with Gasteiger partial charge in [-0.3, -0.25) is 9.59 Å². The van der Waals surface area contributed by atoms with E-state index in [1.807, 2.05) is 30.3 Å². The number of nitrogens with one attached hydrogen (secondary N) is 1. The van der Waals surface area contributed by atoms with Gasteiger partial charge in [0.2, 0.25) is 0 Å². The number of rotatable bonds is 6.